The molecule has 5 nitrogen and oxygen atoms in total. The number of aliphatic imine (C=N–C) groups is 1. The molecule has 0 saturated heterocycles. The van der Waals surface area contributed by atoms with E-state index in [9.17, 15) is 0 Å². The maximum Gasteiger partial charge on any atom is 0.191 e. The van der Waals surface area contributed by atoms with Gasteiger partial charge in [-0.05, 0) is 52.6 Å². The van der Waals surface area contributed by atoms with E-state index in [4.69, 9.17) is 16.6 Å². The third kappa shape index (κ3) is 7.56. The van der Waals surface area contributed by atoms with Gasteiger partial charge in [0.1, 0.15) is 0 Å². The SMILES string of the molecule is CCNC(=NCc1sc(C)nc1C)NCC(c1ccc(Cl)cc1)N(C)C.I. The van der Waals surface area contributed by atoms with Crippen molar-refractivity contribution in [3.63, 3.8) is 0 Å². The van der Waals surface area contributed by atoms with E-state index in [1.54, 1.807) is 11.3 Å². The molecule has 1 unspecified atom stereocenters. The van der Waals surface area contributed by atoms with Crippen LogP contribution in [0.15, 0.2) is 29.3 Å². The Kier molecular flexibility index (Phi) is 10.6. The number of guanidine groups is 1. The van der Waals surface area contributed by atoms with Gasteiger partial charge in [0.15, 0.2) is 5.96 Å². The van der Waals surface area contributed by atoms with E-state index < -0.39 is 0 Å². The Morgan fingerprint density at radius 3 is 2.41 bits per heavy atom. The zero-order chi connectivity index (χ0) is 19.1. The van der Waals surface area contributed by atoms with Crippen molar-refractivity contribution < 1.29 is 0 Å². The maximum atomic E-state index is 6.02. The summed E-state index contributed by atoms with van der Waals surface area (Å²) in [7, 11) is 4.16. The number of nitrogens with zero attached hydrogens (tertiary/aromatic N) is 3. The van der Waals surface area contributed by atoms with Gasteiger partial charge >= 0.3 is 0 Å². The van der Waals surface area contributed by atoms with Crippen LogP contribution in [-0.4, -0.2) is 43.0 Å². The van der Waals surface area contributed by atoms with Crippen molar-refractivity contribution >= 4 is 52.9 Å². The fourth-order valence-corrected chi connectivity index (χ4v) is 3.68. The number of benzene rings is 1. The second kappa shape index (κ2) is 11.8. The third-order valence-electron chi connectivity index (χ3n) is 4.07. The zero-order valence-electron chi connectivity index (χ0n) is 16.5. The fourth-order valence-electron chi connectivity index (χ4n) is 2.69. The van der Waals surface area contributed by atoms with Crippen LogP contribution in [0.2, 0.25) is 5.02 Å². The van der Waals surface area contributed by atoms with Gasteiger partial charge in [-0.1, -0.05) is 23.7 Å². The molecule has 0 radical (unpaired) electrons. The number of rotatable bonds is 7. The minimum atomic E-state index is 0. The number of thiazole rings is 1. The van der Waals surface area contributed by atoms with E-state index in [1.165, 1.54) is 10.4 Å². The molecule has 0 spiro atoms. The summed E-state index contributed by atoms with van der Waals surface area (Å²) in [6.45, 7) is 8.35. The Hall–Kier alpha value is -0.900. The topological polar surface area (TPSA) is 52.6 Å². The molecule has 0 saturated carbocycles. The molecular formula is C19H29ClIN5S. The van der Waals surface area contributed by atoms with Crippen LogP contribution in [0.4, 0.5) is 0 Å². The second-order valence-electron chi connectivity index (χ2n) is 6.35. The summed E-state index contributed by atoms with van der Waals surface area (Å²) in [5.74, 6) is 0.818. The molecule has 0 bridgehead atoms. The number of hydrogen-bond acceptors (Lipinski definition) is 4. The zero-order valence-corrected chi connectivity index (χ0v) is 20.4. The lowest BCUT2D eigenvalue weighted by atomic mass is 10.1. The summed E-state index contributed by atoms with van der Waals surface area (Å²) in [4.78, 5) is 12.6. The molecule has 0 aliphatic rings. The Balaban J connectivity index is 0.00000364. The van der Waals surface area contributed by atoms with E-state index in [2.05, 4.69) is 53.7 Å². The molecule has 27 heavy (non-hydrogen) atoms. The van der Waals surface area contributed by atoms with Gasteiger partial charge in [-0.15, -0.1) is 35.3 Å². The quantitative estimate of drug-likeness (QED) is 0.322. The van der Waals surface area contributed by atoms with Gasteiger partial charge in [0, 0.05) is 23.0 Å². The van der Waals surface area contributed by atoms with E-state index in [-0.39, 0.29) is 30.0 Å². The Morgan fingerprint density at radius 1 is 1.22 bits per heavy atom. The lowest BCUT2D eigenvalue weighted by molar-refractivity contribution is 0.298. The molecule has 1 atom stereocenters. The van der Waals surface area contributed by atoms with Crippen molar-refractivity contribution in [2.45, 2.75) is 33.4 Å². The van der Waals surface area contributed by atoms with Crippen molar-refractivity contribution in [2.24, 2.45) is 4.99 Å². The average Bonchev–Trinajstić information content (AvgIpc) is 2.91. The molecule has 8 heteroatoms. The molecule has 0 aliphatic heterocycles. The van der Waals surface area contributed by atoms with Gasteiger partial charge in [-0.25, -0.2) is 9.98 Å². The molecular weight excluding hydrogens is 493 g/mol. The average molecular weight is 522 g/mol. The first-order valence-electron chi connectivity index (χ1n) is 8.77. The largest absolute Gasteiger partial charge is 0.357 e. The smallest absolute Gasteiger partial charge is 0.191 e. The summed E-state index contributed by atoms with van der Waals surface area (Å²) < 4.78 is 0. The summed E-state index contributed by atoms with van der Waals surface area (Å²) in [6.07, 6.45) is 0. The van der Waals surface area contributed by atoms with Crippen molar-refractivity contribution in [3.05, 3.63) is 50.4 Å². The molecule has 1 aromatic heterocycles. The van der Waals surface area contributed by atoms with E-state index in [0.29, 0.717) is 6.54 Å². The van der Waals surface area contributed by atoms with Crippen molar-refractivity contribution in [3.8, 4) is 0 Å². The molecule has 1 aromatic carbocycles. The third-order valence-corrected chi connectivity index (χ3v) is 5.38. The molecule has 2 rings (SSSR count). The first kappa shape index (κ1) is 24.1. The highest BCUT2D eigenvalue weighted by molar-refractivity contribution is 14.0. The monoisotopic (exact) mass is 521 g/mol. The molecule has 0 aliphatic carbocycles. The van der Waals surface area contributed by atoms with Crippen LogP contribution in [0, 0.1) is 13.8 Å². The maximum absolute atomic E-state index is 6.02. The van der Waals surface area contributed by atoms with Gasteiger partial charge in [0.05, 0.1) is 23.3 Å². The minimum Gasteiger partial charge on any atom is -0.357 e. The second-order valence-corrected chi connectivity index (χ2v) is 8.07. The van der Waals surface area contributed by atoms with Crippen LogP contribution in [0.5, 0.6) is 0 Å². The highest BCUT2D eigenvalue weighted by Gasteiger charge is 2.15. The fraction of sp³-hybridized carbons (Fsp3) is 0.474. The molecule has 0 fully saturated rings. The van der Waals surface area contributed by atoms with Crippen LogP contribution in [0.3, 0.4) is 0 Å². The summed E-state index contributed by atoms with van der Waals surface area (Å²) >= 11 is 7.72. The first-order chi connectivity index (χ1) is 12.4. The van der Waals surface area contributed by atoms with Crippen LogP contribution < -0.4 is 10.6 Å². The number of aryl methyl sites for hydroxylation is 2. The summed E-state index contributed by atoms with van der Waals surface area (Å²) in [5, 5.41) is 8.62. The normalized spacial score (nSPS) is 12.6. The predicted molar refractivity (Wildman–Crippen MR) is 128 cm³/mol. The molecule has 2 aromatic rings. The van der Waals surface area contributed by atoms with Gasteiger partial charge in [0.2, 0.25) is 0 Å². The van der Waals surface area contributed by atoms with Gasteiger partial charge in [-0.3, -0.25) is 0 Å². The van der Waals surface area contributed by atoms with Crippen molar-refractivity contribution in [2.75, 3.05) is 27.2 Å². The van der Waals surface area contributed by atoms with Gasteiger partial charge in [-0.2, -0.15) is 0 Å². The predicted octanol–water partition coefficient (Wildman–Crippen LogP) is 4.39. The highest BCUT2D eigenvalue weighted by atomic mass is 127. The van der Waals surface area contributed by atoms with Crippen LogP contribution in [-0.2, 0) is 6.54 Å². The standard InChI is InChI=1S/C19H28ClN5S.HI/c1-6-21-19(23-12-18-13(2)24-14(3)26-18)22-11-17(25(4)5)15-7-9-16(20)10-8-15;/h7-10,17H,6,11-12H2,1-5H3,(H2,21,22,23);1H. The Morgan fingerprint density at radius 2 is 1.89 bits per heavy atom. The number of halogens is 2. The van der Waals surface area contributed by atoms with E-state index in [0.717, 1.165) is 34.8 Å². The van der Waals surface area contributed by atoms with Crippen molar-refractivity contribution in [1.29, 1.82) is 0 Å². The molecule has 0 amide bonds. The van der Waals surface area contributed by atoms with Crippen LogP contribution in [0.25, 0.3) is 0 Å². The number of aromatic nitrogens is 1. The van der Waals surface area contributed by atoms with Gasteiger partial charge in [0.25, 0.3) is 0 Å². The van der Waals surface area contributed by atoms with Crippen molar-refractivity contribution in [1.82, 2.24) is 20.5 Å². The number of nitrogens with one attached hydrogen (secondary N) is 2. The summed E-state index contributed by atoms with van der Waals surface area (Å²) in [5.41, 5.74) is 2.29. The lowest BCUT2D eigenvalue weighted by Crippen LogP contribution is -2.41. The Bertz CT molecular complexity index is 730. The minimum absolute atomic E-state index is 0. The van der Waals surface area contributed by atoms with Crippen LogP contribution >= 0.6 is 46.9 Å². The molecule has 2 N–H and O–H groups in total. The highest BCUT2D eigenvalue weighted by Crippen LogP contribution is 2.20. The van der Waals surface area contributed by atoms with E-state index >= 15 is 0 Å². The van der Waals surface area contributed by atoms with Gasteiger partial charge < -0.3 is 15.5 Å². The molecule has 1 heterocycles. The van der Waals surface area contributed by atoms with E-state index in [1.807, 2.05) is 26.0 Å². The lowest BCUT2D eigenvalue weighted by Gasteiger charge is -2.26. The van der Waals surface area contributed by atoms with Crippen LogP contribution in [0.1, 0.15) is 34.1 Å². The first-order valence-corrected chi connectivity index (χ1v) is 9.97. The summed E-state index contributed by atoms with van der Waals surface area (Å²) in [6, 6.07) is 8.23. The number of hydrogen-bond donors (Lipinski definition) is 2. The molecule has 150 valence electrons. The number of likely N-dealkylation sites (N-methyl/N-ethyl adjacent to an activating group) is 1. The Labute approximate surface area is 188 Å².